The molecule has 34 heavy (non-hydrogen) atoms. The molecule has 6 heteroatoms. The molecule has 0 spiro atoms. The van der Waals surface area contributed by atoms with Crippen LogP contribution in [0.1, 0.15) is 25.7 Å². The average molecular weight is 475 g/mol. The van der Waals surface area contributed by atoms with E-state index in [2.05, 4.69) is 10.3 Å². The summed E-state index contributed by atoms with van der Waals surface area (Å²) in [4.78, 5) is 4.67. The second-order valence-electron chi connectivity index (χ2n) is 8.73. The molecule has 2 heterocycles. The van der Waals surface area contributed by atoms with Crippen LogP contribution in [-0.4, -0.2) is 34.4 Å². The second kappa shape index (κ2) is 9.92. The number of aromatic nitrogens is 1. The van der Waals surface area contributed by atoms with Crippen molar-refractivity contribution in [2.45, 2.75) is 31.7 Å². The SMILES string of the molecule is Oc1ccc(-c2cc3c(OCC[C@H]4CCCCN4)c(-c4ccc(O)cc4)cnc3cc2Cl)cc1. The zero-order valence-electron chi connectivity index (χ0n) is 18.8. The van der Waals surface area contributed by atoms with E-state index in [9.17, 15) is 10.2 Å². The van der Waals surface area contributed by atoms with E-state index < -0.39 is 0 Å². The lowest BCUT2D eigenvalue weighted by Gasteiger charge is -2.24. The maximum atomic E-state index is 9.76. The Bertz CT molecular complexity index is 1280. The molecule has 0 aliphatic carbocycles. The standard InChI is InChI=1S/C28H27ClN2O3/c29-26-16-27-24(15-23(26)18-4-8-21(32)9-5-18)28(34-14-12-20-3-1-2-13-30-20)25(17-31-27)19-6-10-22(33)11-7-19/h4-11,15-17,20,30,32-33H,1-3,12-14H2/t20-/m1/s1. The summed E-state index contributed by atoms with van der Waals surface area (Å²) >= 11 is 6.63. The fraction of sp³-hybridized carbons (Fsp3) is 0.250. The fourth-order valence-corrected chi connectivity index (χ4v) is 4.79. The Kier molecular flexibility index (Phi) is 6.57. The summed E-state index contributed by atoms with van der Waals surface area (Å²) in [6.45, 7) is 1.65. The van der Waals surface area contributed by atoms with E-state index in [1.165, 1.54) is 19.3 Å². The number of piperidine rings is 1. The molecule has 5 nitrogen and oxygen atoms in total. The van der Waals surface area contributed by atoms with Crippen molar-refractivity contribution in [1.29, 1.82) is 0 Å². The van der Waals surface area contributed by atoms with Crippen LogP contribution < -0.4 is 10.1 Å². The van der Waals surface area contributed by atoms with E-state index in [0.717, 1.165) is 51.9 Å². The number of nitrogens with zero attached hydrogens (tertiary/aromatic N) is 1. The molecule has 5 rings (SSSR count). The van der Waals surface area contributed by atoms with Gasteiger partial charge in [-0.3, -0.25) is 4.98 Å². The quantitative estimate of drug-likeness (QED) is 0.295. The Balaban J connectivity index is 1.58. The van der Waals surface area contributed by atoms with Gasteiger partial charge in [0.1, 0.15) is 17.2 Å². The van der Waals surface area contributed by atoms with Crippen molar-refractivity contribution in [3.63, 3.8) is 0 Å². The van der Waals surface area contributed by atoms with Crippen LogP contribution in [0.15, 0.2) is 66.9 Å². The molecule has 1 aromatic heterocycles. The van der Waals surface area contributed by atoms with Gasteiger partial charge >= 0.3 is 0 Å². The number of nitrogens with one attached hydrogen (secondary N) is 1. The maximum Gasteiger partial charge on any atom is 0.138 e. The molecule has 1 fully saturated rings. The normalized spacial score (nSPS) is 16.0. The van der Waals surface area contributed by atoms with Gasteiger partial charge in [-0.1, -0.05) is 42.3 Å². The molecule has 1 aliphatic rings. The highest BCUT2D eigenvalue weighted by Crippen LogP contribution is 2.40. The topological polar surface area (TPSA) is 74.6 Å². The van der Waals surface area contributed by atoms with Gasteiger partial charge < -0.3 is 20.3 Å². The summed E-state index contributed by atoms with van der Waals surface area (Å²) in [6.07, 6.45) is 6.39. The highest BCUT2D eigenvalue weighted by Gasteiger charge is 2.18. The number of pyridine rings is 1. The summed E-state index contributed by atoms with van der Waals surface area (Å²) < 4.78 is 6.46. The van der Waals surface area contributed by atoms with Gasteiger partial charge in [0, 0.05) is 28.8 Å². The lowest BCUT2D eigenvalue weighted by atomic mass is 9.99. The second-order valence-corrected chi connectivity index (χ2v) is 9.14. The summed E-state index contributed by atoms with van der Waals surface area (Å²) in [7, 11) is 0. The zero-order chi connectivity index (χ0) is 23.5. The van der Waals surface area contributed by atoms with Crippen molar-refractivity contribution in [3.05, 3.63) is 71.9 Å². The van der Waals surface area contributed by atoms with Crippen molar-refractivity contribution < 1.29 is 14.9 Å². The summed E-state index contributed by atoms with van der Waals surface area (Å²) in [5.41, 5.74) is 4.28. The molecule has 0 saturated carbocycles. The van der Waals surface area contributed by atoms with Crippen LogP contribution >= 0.6 is 11.6 Å². The van der Waals surface area contributed by atoms with Gasteiger partial charge in [0.2, 0.25) is 0 Å². The summed E-state index contributed by atoms with van der Waals surface area (Å²) in [6, 6.07) is 18.4. The molecule has 0 amide bonds. The van der Waals surface area contributed by atoms with Crippen molar-refractivity contribution in [2.75, 3.05) is 13.2 Å². The third kappa shape index (κ3) is 4.81. The van der Waals surface area contributed by atoms with Crippen molar-refractivity contribution in [1.82, 2.24) is 10.3 Å². The van der Waals surface area contributed by atoms with Crippen LogP contribution in [0.2, 0.25) is 5.02 Å². The number of fused-ring (bicyclic) bond motifs is 1. The van der Waals surface area contributed by atoms with Crippen LogP contribution in [0, 0.1) is 0 Å². The maximum absolute atomic E-state index is 9.76. The average Bonchev–Trinajstić information content (AvgIpc) is 2.86. The van der Waals surface area contributed by atoms with Crippen molar-refractivity contribution in [3.8, 4) is 39.5 Å². The first-order chi connectivity index (χ1) is 16.6. The Morgan fingerprint density at radius 1 is 0.912 bits per heavy atom. The van der Waals surface area contributed by atoms with E-state index in [4.69, 9.17) is 16.3 Å². The zero-order valence-corrected chi connectivity index (χ0v) is 19.6. The van der Waals surface area contributed by atoms with Crippen molar-refractivity contribution in [2.24, 2.45) is 0 Å². The van der Waals surface area contributed by atoms with Crippen molar-refractivity contribution >= 4 is 22.5 Å². The molecular formula is C28H27ClN2O3. The number of benzene rings is 3. The van der Waals surface area contributed by atoms with E-state index in [1.807, 2.05) is 36.4 Å². The number of phenols is 2. The Morgan fingerprint density at radius 3 is 2.24 bits per heavy atom. The van der Waals surface area contributed by atoms with Crippen LogP contribution in [0.5, 0.6) is 17.2 Å². The molecule has 0 radical (unpaired) electrons. The van der Waals surface area contributed by atoms with E-state index in [-0.39, 0.29) is 11.5 Å². The Morgan fingerprint density at radius 2 is 1.59 bits per heavy atom. The fourth-order valence-electron chi connectivity index (χ4n) is 4.53. The molecule has 3 aromatic carbocycles. The first-order valence-corrected chi connectivity index (χ1v) is 12.0. The largest absolute Gasteiger partial charge is 0.508 e. The summed E-state index contributed by atoms with van der Waals surface area (Å²) in [5.74, 6) is 1.17. The highest BCUT2D eigenvalue weighted by molar-refractivity contribution is 6.34. The van der Waals surface area contributed by atoms with Gasteiger partial charge in [-0.25, -0.2) is 0 Å². The van der Waals surface area contributed by atoms with E-state index in [0.29, 0.717) is 17.7 Å². The minimum atomic E-state index is 0.206. The Labute approximate surface area is 204 Å². The van der Waals surface area contributed by atoms with Gasteiger partial charge in [0.05, 0.1) is 17.1 Å². The monoisotopic (exact) mass is 474 g/mol. The number of hydrogen-bond donors (Lipinski definition) is 3. The first kappa shape index (κ1) is 22.5. The first-order valence-electron chi connectivity index (χ1n) is 11.7. The molecule has 4 aromatic rings. The number of halogens is 1. The highest BCUT2D eigenvalue weighted by atomic mass is 35.5. The van der Waals surface area contributed by atoms with E-state index in [1.54, 1.807) is 30.5 Å². The molecule has 1 atom stereocenters. The van der Waals surface area contributed by atoms with Crippen LogP contribution in [0.25, 0.3) is 33.2 Å². The molecule has 174 valence electrons. The third-order valence-electron chi connectivity index (χ3n) is 6.39. The minimum Gasteiger partial charge on any atom is -0.508 e. The number of aromatic hydroxyl groups is 2. The number of ether oxygens (including phenoxy) is 1. The minimum absolute atomic E-state index is 0.206. The van der Waals surface area contributed by atoms with Crippen LogP contribution in [-0.2, 0) is 0 Å². The molecule has 3 N–H and O–H groups in total. The smallest absolute Gasteiger partial charge is 0.138 e. The molecule has 0 unspecified atom stereocenters. The lowest BCUT2D eigenvalue weighted by Crippen LogP contribution is -2.35. The number of hydrogen-bond acceptors (Lipinski definition) is 5. The van der Waals surface area contributed by atoms with Gasteiger partial charge in [-0.2, -0.15) is 0 Å². The van der Waals surface area contributed by atoms with Gasteiger partial charge in [0.25, 0.3) is 0 Å². The molecular weight excluding hydrogens is 448 g/mol. The molecule has 0 bridgehead atoms. The van der Waals surface area contributed by atoms with E-state index >= 15 is 0 Å². The third-order valence-corrected chi connectivity index (χ3v) is 6.70. The Hall–Kier alpha value is -3.28. The number of phenolic OH excluding ortho intramolecular Hbond substituents is 2. The predicted octanol–water partition coefficient (Wildman–Crippen LogP) is 6.54. The summed E-state index contributed by atoms with van der Waals surface area (Å²) in [5, 5.41) is 24.5. The van der Waals surface area contributed by atoms with Crippen LogP contribution in [0.3, 0.4) is 0 Å². The van der Waals surface area contributed by atoms with Gasteiger partial charge in [-0.15, -0.1) is 0 Å². The van der Waals surface area contributed by atoms with Gasteiger partial charge in [0.15, 0.2) is 0 Å². The number of rotatable bonds is 6. The lowest BCUT2D eigenvalue weighted by molar-refractivity contribution is 0.271. The molecule has 1 aliphatic heterocycles. The van der Waals surface area contributed by atoms with Gasteiger partial charge in [-0.05, 0) is 73.3 Å². The molecule has 1 saturated heterocycles. The predicted molar refractivity (Wildman–Crippen MR) is 137 cm³/mol. The van der Waals surface area contributed by atoms with Crippen LogP contribution in [0.4, 0.5) is 0 Å².